The molecular weight excluding hydrogens is 234 g/mol. The minimum atomic E-state index is -0.337. The number of hydrogen-bond acceptors (Lipinski definition) is 6. The average molecular weight is 251 g/mol. The van der Waals surface area contributed by atoms with Crippen molar-refractivity contribution >= 4 is 6.01 Å². The fourth-order valence-electron chi connectivity index (χ4n) is 2.69. The zero-order chi connectivity index (χ0) is 12.0. The van der Waals surface area contributed by atoms with Crippen molar-refractivity contribution in [3.8, 4) is 0 Å². The van der Waals surface area contributed by atoms with E-state index in [1.165, 1.54) is 12.8 Å². The maximum atomic E-state index is 5.70. The maximum Gasteiger partial charge on any atom is 0.324 e. The summed E-state index contributed by atoms with van der Waals surface area (Å²) in [6.07, 6.45) is 4.13. The second kappa shape index (κ2) is 3.93. The minimum Gasteiger partial charge on any atom is -0.347 e. The van der Waals surface area contributed by atoms with Gasteiger partial charge in [-0.15, -0.1) is 0 Å². The molecule has 1 aromatic rings. The Morgan fingerprint density at radius 1 is 1.11 bits per heavy atom. The predicted octanol–water partition coefficient (Wildman–Crippen LogP) is 1.29. The topological polar surface area (TPSA) is 60.6 Å². The first-order chi connectivity index (χ1) is 8.85. The van der Waals surface area contributed by atoms with Crippen LogP contribution in [0.4, 0.5) is 6.01 Å². The van der Waals surface area contributed by atoms with Crippen LogP contribution in [-0.2, 0) is 9.47 Å². The Labute approximate surface area is 105 Å². The second-order valence-corrected chi connectivity index (χ2v) is 5.30. The van der Waals surface area contributed by atoms with Crippen LogP contribution in [0, 0.1) is 0 Å². The van der Waals surface area contributed by atoms with E-state index in [1.807, 2.05) is 0 Å². The molecule has 1 aromatic heterocycles. The van der Waals surface area contributed by atoms with Crippen LogP contribution < -0.4 is 4.90 Å². The van der Waals surface area contributed by atoms with Gasteiger partial charge in [0.1, 0.15) is 0 Å². The Hall–Kier alpha value is -1.14. The molecule has 0 unspecified atom stereocenters. The van der Waals surface area contributed by atoms with Crippen molar-refractivity contribution in [2.45, 2.75) is 37.4 Å². The summed E-state index contributed by atoms with van der Waals surface area (Å²) in [6, 6.07) is 0.657. The van der Waals surface area contributed by atoms with E-state index in [0.717, 1.165) is 31.8 Å². The predicted molar refractivity (Wildman–Crippen MR) is 62.4 cm³/mol. The summed E-state index contributed by atoms with van der Waals surface area (Å²) >= 11 is 0. The van der Waals surface area contributed by atoms with E-state index in [-0.39, 0.29) is 5.79 Å². The minimum absolute atomic E-state index is 0.337. The van der Waals surface area contributed by atoms with Gasteiger partial charge in [0.25, 0.3) is 0 Å². The summed E-state index contributed by atoms with van der Waals surface area (Å²) in [7, 11) is 0. The number of aromatic nitrogens is 2. The van der Waals surface area contributed by atoms with Gasteiger partial charge in [0, 0.05) is 31.8 Å². The highest BCUT2D eigenvalue weighted by molar-refractivity contribution is 5.27. The number of rotatable bonds is 2. The average Bonchev–Trinajstić information content (AvgIpc) is 2.97. The molecule has 0 aromatic carbocycles. The summed E-state index contributed by atoms with van der Waals surface area (Å²) in [5.41, 5.74) is 0. The molecule has 98 valence electrons. The first-order valence-corrected chi connectivity index (χ1v) is 6.71. The van der Waals surface area contributed by atoms with E-state index in [0.29, 0.717) is 25.1 Å². The van der Waals surface area contributed by atoms with Gasteiger partial charge >= 0.3 is 6.01 Å². The second-order valence-electron chi connectivity index (χ2n) is 5.30. The molecule has 18 heavy (non-hydrogen) atoms. The van der Waals surface area contributed by atoms with Crippen molar-refractivity contribution in [3.63, 3.8) is 0 Å². The van der Waals surface area contributed by atoms with Crippen molar-refractivity contribution in [2.75, 3.05) is 31.2 Å². The number of piperidine rings is 1. The number of ether oxygens (including phenoxy) is 2. The zero-order valence-electron chi connectivity index (χ0n) is 10.3. The third kappa shape index (κ3) is 1.80. The van der Waals surface area contributed by atoms with Gasteiger partial charge in [-0.25, -0.2) is 0 Å². The molecule has 2 aliphatic heterocycles. The standard InChI is InChI=1S/C12H17N3O3/c1-2-9(1)10-13-11(18-14-10)15-5-3-12(4-6-15)16-7-8-17-12/h9H,1-8H2. The SMILES string of the molecule is C1COC2(CCN(c3nc(C4CC4)no3)CC2)O1. The lowest BCUT2D eigenvalue weighted by atomic mass is 10.0. The van der Waals surface area contributed by atoms with Gasteiger partial charge in [-0.05, 0) is 12.8 Å². The van der Waals surface area contributed by atoms with Crippen LogP contribution in [0.2, 0.25) is 0 Å². The lowest BCUT2D eigenvalue weighted by Crippen LogP contribution is -2.45. The van der Waals surface area contributed by atoms with Crippen molar-refractivity contribution < 1.29 is 14.0 Å². The zero-order valence-corrected chi connectivity index (χ0v) is 10.3. The van der Waals surface area contributed by atoms with Crippen LogP contribution in [0.25, 0.3) is 0 Å². The van der Waals surface area contributed by atoms with E-state index < -0.39 is 0 Å². The Balaban J connectivity index is 1.43. The highest BCUT2D eigenvalue weighted by Gasteiger charge is 2.41. The third-order valence-corrected chi connectivity index (χ3v) is 3.98. The molecule has 0 amide bonds. The van der Waals surface area contributed by atoms with E-state index in [4.69, 9.17) is 14.0 Å². The van der Waals surface area contributed by atoms with Crippen LogP contribution >= 0.6 is 0 Å². The van der Waals surface area contributed by atoms with E-state index in [9.17, 15) is 0 Å². The van der Waals surface area contributed by atoms with Gasteiger partial charge in [0.15, 0.2) is 11.6 Å². The molecule has 3 heterocycles. The molecule has 1 spiro atoms. The van der Waals surface area contributed by atoms with Gasteiger partial charge in [0.05, 0.1) is 13.2 Å². The summed E-state index contributed by atoms with van der Waals surface area (Å²) in [4.78, 5) is 6.61. The molecule has 1 aliphatic carbocycles. The van der Waals surface area contributed by atoms with Crippen molar-refractivity contribution in [1.82, 2.24) is 10.1 Å². The van der Waals surface area contributed by atoms with E-state index in [1.54, 1.807) is 0 Å². The van der Waals surface area contributed by atoms with Crippen molar-refractivity contribution in [3.05, 3.63) is 5.82 Å². The van der Waals surface area contributed by atoms with Gasteiger partial charge in [0.2, 0.25) is 0 Å². The first kappa shape index (κ1) is 10.8. The number of anilines is 1. The highest BCUT2D eigenvalue weighted by Crippen LogP contribution is 2.39. The van der Waals surface area contributed by atoms with Crippen LogP contribution in [0.3, 0.4) is 0 Å². The number of hydrogen-bond donors (Lipinski definition) is 0. The smallest absolute Gasteiger partial charge is 0.324 e. The molecule has 3 fully saturated rings. The molecule has 1 saturated carbocycles. The summed E-state index contributed by atoms with van der Waals surface area (Å²) in [6.45, 7) is 3.14. The van der Waals surface area contributed by atoms with E-state index >= 15 is 0 Å². The van der Waals surface area contributed by atoms with Gasteiger partial charge in [-0.2, -0.15) is 4.98 Å². The lowest BCUT2D eigenvalue weighted by Gasteiger charge is -2.36. The Morgan fingerprint density at radius 3 is 2.50 bits per heavy atom. The van der Waals surface area contributed by atoms with Crippen LogP contribution in [0.15, 0.2) is 4.52 Å². The molecular formula is C12H17N3O3. The van der Waals surface area contributed by atoms with Gasteiger partial charge < -0.3 is 18.9 Å². The van der Waals surface area contributed by atoms with Crippen molar-refractivity contribution in [1.29, 1.82) is 0 Å². The quantitative estimate of drug-likeness (QED) is 0.789. The molecule has 3 aliphatic rings. The monoisotopic (exact) mass is 251 g/mol. The Bertz CT molecular complexity index is 428. The van der Waals surface area contributed by atoms with E-state index in [2.05, 4.69) is 15.0 Å². The molecule has 2 saturated heterocycles. The maximum absolute atomic E-state index is 5.70. The molecule has 0 bridgehead atoms. The molecule has 6 heteroatoms. The Kier molecular flexibility index (Phi) is 2.35. The van der Waals surface area contributed by atoms with Crippen LogP contribution in [0.5, 0.6) is 0 Å². The normalized spacial score (nSPS) is 27.0. The summed E-state index contributed by atoms with van der Waals surface area (Å²) in [5.74, 6) is 1.08. The fraction of sp³-hybridized carbons (Fsp3) is 0.833. The fourth-order valence-corrected chi connectivity index (χ4v) is 2.69. The van der Waals surface area contributed by atoms with Crippen LogP contribution in [-0.4, -0.2) is 42.2 Å². The summed E-state index contributed by atoms with van der Waals surface area (Å²) in [5, 5.41) is 4.05. The highest BCUT2D eigenvalue weighted by atomic mass is 16.7. The lowest BCUT2D eigenvalue weighted by molar-refractivity contribution is -0.169. The summed E-state index contributed by atoms with van der Waals surface area (Å²) < 4.78 is 16.7. The van der Waals surface area contributed by atoms with Gasteiger partial charge in [-0.1, -0.05) is 5.16 Å². The Morgan fingerprint density at radius 2 is 1.83 bits per heavy atom. The number of nitrogens with zero attached hydrogens (tertiary/aromatic N) is 3. The largest absolute Gasteiger partial charge is 0.347 e. The third-order valence-electron chi connectivity index (χ3n) is 3.98. The van der Waals surface area contributed by atoms with Gasteiger partial charge in [-0.3, -0.25) is 0 Å². The first-order valence-electron chi connectivity index (χ1n) is 6.71. The molecule has 0 radical (unpaired) electrons. The van der Waals surface area contributed by atoms with Crippen molar-refractivity contribution in [2.24, 2.45) is 0 Å². The molecule has 0 N–H and O–H groups in total. The molecule has 4 rings (SSSR count). The molecule has 6 nitrogen and oxygen atoms in total. The van der Waals surface area contributed by atoms with Crippen LogP contribution in [0.1, 0.15) is 37.4 Å². The molecule has 0 atom stereocenters.